The van der Waals surface area contributed by atoms with Crippen LogP contribution in [-0.2, 0) is 0 Å². The van der Waals surface area contributed by atoms with E-state index >= 15 is 0 Å². The summed E-state index contributed by atoms with van der Waals surface area (Å²) in [5, 5.41) is 4.22. The lowest BCUT2D eigenvalue weighted by Crippen LogP contribution is -2.00. The molecule has 10 aromatic rings. The smallest absolute Gasteiger partial charge is 0.164 e. The Hall–Kier alpha value is -6.92. The van der Waals surface area contributed by atoms with Crippen LogP contribution in [0, 0.1) is 0 Å². The summed E-state index contributed by atoms with van der Waals surface area (Å²) in [6.07, 6.45) is 1.97. The molecule has 4 heterocycles. The summed E-state index contributed by atoms with van der Waals surface area (Å²) < 4.78 is 8.66. The van der Waals surface area contributed by atoms with Crippen LogP contribution in [0.25, 0.3) is 94.9 Å². The summed E-state index contributed by atoms with van der Waals surface area (Å²) in [6.45, 7) is 0. The zero-order valence-corrected chi connectivity index (χ0v) is 26.7. The largest absolute Gasteiger partial charge is 0.456 e. The minimum Gasteiger partial charge on any atom is -0.456 e. The molecule has 0 spiro atoms. The zero-order chi connectivity index (χ0) is 33.0. The van der Waals surface area contributed by atoms with Crippen molar-refractivity contribution in [1.29, 1.82) is 0 Å². The van der Waals surface area contributed by atoms with Crippen LogP contribution in [0.5, 0.6) is 0 Å². The topological polar surface area (TPSA) is 69.6 Å². The number of hydrogen-bond donors (Lipinski definition) is 0. The van der Waals surface area contributed by atoms with Crippen molar-refractivity contribution >= 4 is 43.9 Å². The van der Waals surface area contributed by atoms with Crippen LogP contribution in [-0.4, -0.2) is 24.5 Å². The molecule has 0 atom stereocenters. The third kappa shape index (κ3) is 4.58. The first-order chi connectivity index (χ1) is 24.8. The minimum absolute atomic E-state index is 0.591. The van der Waals surface area contributed by atoms with Gasteiger partial charge in [0.05, 0.1) is 5.52 Å². The maximum Gasteiger partial charge on any atom is 0.164 e. The first-order valence-electron chi connectivity index (χ1n) is 16.6. The summed E-state index contributed by atoms with van der Waals surface area (Å²) in [6, 6.07) is 53.6. The van der Waals surface area contributed by atoms with Gasteiger partial charge in [-0.05, 0) is 48.0 Å². The first-order valence-corrected chi connectivity index (χ1v) is 16.6. The summed E-state index contributed by atoms with van der Waals surface area (Å²) >= 11 is 0. The van der Waals surface area contributed by atoms with Gasteiger partial charge in [-0.15, -0.1) is 0 Å². The maximum absolute atomic E-state index is 6.43. The number of fused-ring (bicyclic) bond motifs is 6. The summed E-state index contributed by atoms with van der Waals surface area (Å²) in [5.74, 6) is 1.83. The molecule has 6 aromatic carbocycles. The molecule has 0 fully saturated rings. The highest BCUT2D eigenvalue weighted by Crippen LogP contribution is 2.39. The van der Waals surface area contributed by atoms with Crippen molar-refractivity contribution in [3.63, 3.8) is 0 Å². The van der Waals surface area contributed by atoms with E-state index in [0.29, 0.717) is 17.5 Å². The molecule has 0 aliphatic rings. The maximum atomic E-state index is 6.43. The molecule has 0 saturated carbocycles. The van der Waals surface area contributed by atoms with E-state index in [2.05, 4.69) is 77.4 Å². The van der Waals surface area contributed by atoms with Gasteiger partial charge in [0.2, 0.25) is 0 Å². The van der Waals surface area contributed by atoms with Crippen molar-refractivity contribution in [2.75, 3.05) is 0 Å². The van der Waals surface area contributed by atoms with Crippen LogP contribution in [0.1, 0.15) is 0 Å². The fraction of sp³-hybridized carbons (Fsp3) is 0. The molecule has 0 unspecified atom stereocenters. The molecule has 0 N–H and O–H groups in total. The van der Waals surface area contributed by atoms with Gasteiger partial charge in [-0.2, -0.15) is 0 Å². The Bertz CT molecular complexity index is 2800. The van der Waals surface area contributed by atoms with Gasteiger partial charge in [-0.25, -0.2) is 19.9 Å². The van der Waals surface area contributed by atoms with Crippen LogP contribution in [0.15, 0.2) is 168 Å². The second kappa shape index (κ2) is 11.4. The highest BCUT2D eigenvalue weighted by atomic mass is 16.3. The van der Waals surface area contributed by atoms with Gasteiger partial charge in [0, 0.05) is 55.7 Å². The van der Waals surface area contributed by atoms with Gasteiger partial charge in [0.15, 0.2) is 17.5 Å². The first kappa shape index (κ1) is 28.1. The molecule has 4 aromatic heterocycles. The monoisotopic (exact) mass is 641 g/mol. The number of benzene rings is 6. The third-order valence-corrected chi connectivity index (χ3v) is 9.30. The fourth-order valence-electron chi connectivity index (χ4n) is 6.96. The molecule has 6 heteroatoms. The molecule has 0 aliphatic carbocycles. The summed E-state index contributed by atoms with van der Waals surface area (Å²) in [5.41, 5.74) is 9.53. The summed E-state index contributed by atoms with van der Waals surface area (Å²) in [7, 11) is 0. The van der Waals surface area contributed by atoms with E-state index < -0.39 is 0 Å². The Morgan fingerprint density at radius 2 is 1.08 bits per heavy atom. The number of pyridine rings is 1. The Morgan fingerprint density at radius 1 is 0.440 bits per heavy atom. The van der Waals surface area contributed by atoms with Crippen molar-refractivity contribution in [2.45, 2.75) is 0 Å². The van der Waals surface area contributed by atoms with Crippen molar-refractivity contribution < 1.29 is 4.42 Å². The minimum atomic E-state index is 0.591. The second-order valence-corrected chi connectivity index (χ2v) is 12.3. The molecule has 0 aliphatic heterocycles. The molecule has 0 radical (unpaired) electrons. The van der Waals surface area contributed by atoms with Gasteiger partial charge < -0.3 is 4.42 Å². The van der Waals surface area contributed by atoms with Gasteiger partial charge >= 0.3 is 0 Å². The van der Waals surface area contributed by atoms with Crippen molar-refractivity contribution in [3.05, 3.63) is 164 Å². The lowest BCUT2D eigenvalue weighted by atomic mass is 10.0. The highest BCUT2D eigenvalue weighted by Gasteiger charge is 2.19. The zero-order valence-electron chi connectivity index (χ0n) is 26.7. The Kier molecular flexibility index (Phi) is 6.39. The van der Waals surface area contributed by atoms with E-state index in [0.717, 1.165) is 77.4 Å². The number of aromatic nitrogens is 5. The van der Waals surface area contributed by atoms with Gasteiger partial charge in [0.25, 0.3) is 0 Å². The van der Waals surface area contributed by atoms with Gasteiger partial charge in [-0.3, -0.25) is 4.57 Å². The highest BCUT2D eigenvalue weighted by molar-refractivity contribution is 6.13. The Labute approximate surface area is 287 Å². The average molecular weight is 642 g/mol. The SMILES string of the molecule is c1ccc(-c2nc(-c3ccccc3)nc(-c3cccc4oc5ccc(-c6cnc7c(c6)c6ccccc6n7-c6ccccc6)cc5c34)n2)cc1. The molecule has 10 rings (SSSR count). The van der Waals surface area contributed by atoms with Crippen LogP contribution >= 0.6 is 0 Å². The number of hydrogen-bond acceptors (Lipinski definition) is 5. The molecule has 6 nitrogen and oxygen atoms in total. The van der Waals surface area contributed by atoms with Crippen LogP contribution in [0.2, 0.25) is 0 Å². The number of nitrogens with zero attached hydrogens (tertiary/aromatic N) is 5. The van der Waals surface area contributed by atoms with Crippen LogP contribution in [0.4, 0.5) is 0 Å². The van der Waals surface area contributed by atoms with Crippen LogP contribution < -0.4 is 0 Å². The van der Waals surface area contributed by atoms with E-state index in [4.69, 9.17) is 24.4 Å². The lowest BCUT2D eigenvalue weighted by Gasteiger charge is -2.09. The fourth-order valence-corrected chi connectivity index (χ4v) is 6.96. The lowest BCUT2D eigenvalue weighted by molar-refractivity contribution is 0.669. The van der Waals surface area contributed by atoms with E-state index in [1.807, 2.05) is 91.1 Å². The Balaban J connectivity index is 1.16. The second-order valence-electron chi connectivity index (χ2n) is 12.3. The molecule has 0 saturated heterocycles. The summed E-state index contributed by atoms with van der Waals surface area (Å²) in [4.78, 5) is 20.0. The molecular weight excluding hydrogens is 615 g/mol. The number of rotatable bonds is 5. The van der Waals surface area contributed by atoms with E-state index in [-0.39, 0.29) is 0 Å². The quantitative estimate of drug-likeness (QED) is 0.187. The van der Waals surface area contributed by atoms with Crippen molar-refractivity contribution in [3.8, 4) is 51.0 Å². The molecule has 0 bridgehead atoms. The Morgan fingerprint density at radius 3 is 1.82 bits per heavy atom. The third-order valence-electron chi connectivity index (χ3n) is 9.30. The molecule has 50 heavy (non-hydrogen) atoms. The number of para-hydroxylation sites is 2. The van der Waals surface area contributed by atoms with Crippen LogP contribution in [0.3, 0.4) is 0 Å². The molecular formula is C44H27N5O. The van der Waals surface area contributed by atoms with Gasteiger partial charge in [0.1, 0.15) is 16.8 Å². The average Bonchev–Trinajstić information content (AvgIpc) is 3.74. The van der Waals surface area contributed by atoms with E-state index in [1.165, 1.54) is 0 Å². The standard InChI is InChI=1S/C44H27N5O/c1-4-13-28(14-5-1)41-46-42(29-15-6-2-7-16-29)48-43(47-41)34-20-12-22-39-40(34)36-25-30(23-24-38(36)50-39)31-26-35-33-19-10-11-21-37(33)49(44(35)45-27-31)32-17-8-3-9-18-32/h1-27H. The van der Waals surface area contributed by atoms with Crippen molar-refractivity contribution in [1.82, 2.24) is 24.5 Å². The predicted octanol–water partition coefficient (Wildman–Crippen LogP) is 10.9. The molecule has 0 amide bonds. The normalized spacial score (nSPS) is 11.6. The molecule has 234 valence electrons. The van der Waals surface area contributed by atoms with E-state index in [1.54, 1.807) is 0 Å². The predicted molar refractivity (Wildman–Crippen MR) is 201 cm³/mol. The van der Waals surface area contributed by atoms with Gasteiger partial charge in [-0.1, -0.05) is 115 Å². The van der Waals surface area contributed by atoms with Crippen molar-refractivity contribution in [2.24, 2.45) is 0 Å². The van der Waals surface area contributed by atoms with E-state index in [9.17, 15) is 0 Å². The number of furan rings is 1.